The van der Waals surface area contributed by atoms with Gasteiger partial charge in [0.05, 0.1) is 17.2 Å². The largest absolute Gasteiger partial charge is 0.324 e. The van der Waals surface area contributed by atoms with E-state index < -0.39 is 0 Å². The molecule has 2 aromatic carbocycles. The van der Waals surface area contributed by atoms with Gasteiger partial charge in [-0.25, -0.2) is 4.98 Å². The van der Waals surface area contributed by atoms with Gasteiger partial charge in [0, 0.05) is 5.69 Å². The SMILES string of the molecule is Cc1cccc(C)c1NC(=O)Cn1c(=O)cnc2ccccc21. The summed E-state index contributed by atoms with van der Waals surface area (Å²) in [4.78, 5) is 28.6. The maximum Gasteiger partial charge on any atom is 0.269 e. The van der Waals surface area contributed by atoms with Gasteiger partial charge in [0.15, 0.2) is 0 Å². The molecule has 0 radical (unpaired) electrons. The Balaban J connectivity index is 1.92. The number of anilines is 1. The van der Waals surface area contributed by atoms with E-state index >= 15 is 0 Å². The molecule has 5 nitrogen and oxygen atoms in total. The fourth-order valence-electron chi connectivity index (χ4n) is 2.61. The number of para-hydroxylation sites is 3. The van der Waals surface area contributed by atoms with Crippen LogP contribution in [0.2, 0.25) is 0 Å². The van der Waals surface area contributed by atoms with Crippen LogP contribution >= 0.6 is 0 Å². The molecule has 23 heavy (non-hydrogen) atoms. The van der Waals surface area contributed by atoms with E-state index in [2.05, 4.69) is 10.3 Å². The van der Waals surface area contributed by atoms with Crippen LogP contribution in [0.5, 0.6) is 0 Å². The summed E-state index contributed by atoms with van der Waals surface area (Å²) in [7, 11) is 0. The van der Waals surface area contributed by atoms with Crippen LogP contribution in [0.25, 0.3) is 11.0 Å². The van der Waals surface area contributed by atoms with Crippen molar-refractivity contribution >= 4 is 22.6 Å². The van der Waals surface area contributed by atoms with Crippen LogP contribution in [-0.2, 0) is 11.3 Å². The molecule has 1 N–H and O–H groups in total. The summed E-state index contributed by atoms with van der Waals surface area (Å²) in [6, 6.07) is 13.1. The van der Waals surface area contributed by atoms with E-state index in [0.29, 0.717) is 11.0 Å². The summed E-state index contributed by atoms with van der Waals surface area (Å²) in [5.41, 5.74) is 3.82. The van der Waals surface area contributed by atoms with Crippen LogP contribution in [0.15, 0.2) is 53.5 Å². The molecule has 0 bridgehead atoms. The molecule has 0 fully saturated rings. The number of nitrogens with zero attached hydrogens (tertiary/aromatic N) is 2. The van der Waals surface area contributed by atoms with E-state index in [1.807, 2.05) is 50.2 Å². The average molecular weight is 307 g/mol. The first-order chi connectivity index (χ1) is 11.1. The zero-order valence-corrected chi connectivity index (χ0v) is 13.0. The highest BCUT2D eigenvalue weighted by atomic mass is 16.2. The molecule has 3 rings (SSSR count). The summed E-state index contributed by atoms with van der Waals surface area (Å²) in [6.07, 6.45) is 1.24. The molecule has 1 amide bonds. The Morgan fingerprint density at radius 1 is 1.09 bits per heavy atom. The Labute approximate surface area is 133 Å². The Bertz CT molecular complexity index is 924. The van der Waals surface area contributed by atoms with Crippen molar-refractivity contribution < 1.29 is 4.79 Å². The van der Waals surface area contributed by atoms with Crippen LogP contribution in [0.1, 0.15) is 11.1 Å². The van der Waals surface area contributed by atoms with Crippen LogP contribution in [0.4, 0.5) is 5.69 Å². The minimum atomic E-state index is -0.291. The van der Waals surface area contributed by atoms with Crippen molar-refractivity contribution in [3.8, 4) is 0 Å². The molecule has 0 aliphatic rings. The number of benzene rings is 2. The van der Waals surface area contributed by atoms with Gasteiger partial charge in [-0.1, -0.05) is 30.3 Å². The van der Waals surface area contributed by atoms with Crippen LogP contribution < -0.4 is 10.9 Å². The molecule has 0 saturated carbocycles. The van der Waals surface area contributed by atoms with Gasteiger partial charge in [0.1, 0.15) is 6.54 Å². The molecular weight excluding hydrogens is 290 g/mol. The number of nitrogens with one attached hydrogen (secondary N) is 1. The first-order valence-corrected chi connectivity index (χ1v) is 7.37. The second-order valence-corrected chi connectivity index (χ2v) is 5.49. The summed E-state index contributed by atoms with van der Waals surface area (Å²) < 4.78 is 1.44. The topological polar surface area (TPSA) is 64.0 Å². The minimum absolute atomic E-state index is 0.0460. The van der Waals surface area contributed by atoms with Crippen molar-refractivity contribution in [2.75, 3.05) is 5.32 Å². The number of hydrogen-bond donors (Lipinski definition) is 1. The maximum atomic E-state index is 12.4. The molecule has 0 aliphatic carbocycles. The number of hydrogen-bond acceptors (Lipinski definition) is 3. The minimum Gasteiger partial charge on any atom is -0.324 e. The second kappa shape index (κ2) is 6.04. The lowest BCUT2D eigenvalue weighted by Crippen LogP contribution is -2.28. The highest BCUT2D eigenvalue weighted by Gasteiger charge is 2.11. The molecule has 0 atom stereocenters. The van der Waals surface area contributed by atoms with Gasteiger partial charge < -0.3 is 5.32 Å². The van der Waals surface area contributed by atoms with Gasteiger partial charge in [0.2, 0.25) is 5.91 Å². The van der Waals surface area contributed by atoms with Gasteiger partial charge in [-0.05, 0) is 37.1 Å². The molecular formula is C18H17N3O2. The molecule has 0 aliphatic heterocycles. The second-order valence-electron chi connectivity index (χ2n) is 5.49. The van der Waals surface area contributed by atoms with Crippen molar-refractivity contribution in [3.05, 3.63) is 70.1 Å². The van der Waals surface area contributed by atoms with E-state index in [1.165, 1.54) is 10.8 Å². The quantitative estimate of drug-likeness (QED) is 0.809. The Morgan fingerprint density at radius 3 is 2.52 bits per heavy atom. The molecule has 3 aromatic rings. The normalized spacial score (nSPS) is 10.7. The number of carbonyl (C=O) groups excluding carboxylic acids is 1. The molecule has 0 unspecified atom stereocenters. The Kier molecular flexibility index (Phi) is 3.93. The highest BCUT2D eigenvalue weighted by Crippen LogP contribution is 2.19. The number of rotatable bonds is 3. The van der Waals surface area contributed by atoms with Gasteiger partial charge in [-0.3, -0.25) is 14.2 Å². The lowest BCUT2D eigenvalue weighted by atomic mass is 10.1. The summed E-state index contributed by atoms with van der Waals surface area (Å²) in [5, 5.41) is 2.90. The first-order valence-electron chi connectivity index (χ1n) is 7.37. The lowest BCUT2D eigenvalue weighted by molar-refractivity contribution is -0.116. The van der Waals surface area contributed by atoms with E-state index in [0.717, 1.165) is 16.8 Å². The Hall–Kier alpha value is -2.95. The summed E-state index contributed by atoms with van der Waals surface area (Å²) in [5.74, 6) is -0.235. The molecule has 1 heterocycles. The third kappa shape index (κ3) is 2.99. The lowest BCUT2D eigenvalue weighted by Gasteiger charge is -2.13. The van der Waals surface area contributed by atoms with E-state index in [-0.39, 0.29) is 18.0 Å². The van der Waals surface area contributed by atoms with Crippen molar-refractivity contribution in [1.29, 1.82) is 0 Å². The number of aromatic nitrogens is 2. The predicted molar refractivity (Wildman–Crippen MR) is 90.5 cm³/mol. The number of fused-ring (bicyclic) bond motifs is 1. The number of aryl methyl sites for hydroxylation is 2. The number of carbonyl (C=O) groups is 1. The predicted octanol–water partition coefficient (Wildman–Crippen LogP) is 2.65. The van der Waals surface area contributed by atoms with Crippen LogP contribution in [0.3, 0.4) is 0 Å². The molecule has 116 valence electrons. The summed E-state index contributed by atoms with van der Waals surface area (Å²) >= 11 is 0. The smallest absolute Gasteiger partial charge is 0.269 e. The fourth-order valence-corrected chi connectivity index (χ4v) is 2.61. The van der Waals surface area contributed by atoms with E-state index in [4.69, 9.17) is 0 Å². The zero-order chi connectivity index (χ0) is 16.4. The van der Waals surface area contributed by atoms with Crippen molar-refractivity contribution in [2.24, 2.45) is 0 Å². The van der Waals surface area contributed by atoms with Gasteiger partial charge >= 0.3 is 0 Å². The molecule has 0 saturated heterocycles. The Morgan fingerprint density at radius 2 is 1.78 bits per heavy atom. The summed E-state index contributed by atoms with van der Waals surface area (Å²) in [6.45, 7) is 3.84. The standard InChI is InChI=1S/C18H17N3O2/c1-12-6-5-7-13(2)18(12)20-16(22)11-21-15-9-4-3-8-14(15)19-10-17(21)23/h3-10H,11H2,1-2H3,(H,20,22). The highest BCUT2D eigenvalue weighted by molar-refractivity contribution is 5.93. The fraction of sp³-hybridized carbons (Fsp3) is 0.167. The first kappa shape index (κ1) is 15.0. The van der Waals surface area contributed by atoms with E-state index in [9.17, 15) is 9.59 Å². The molecule has 0 spiro atoms. The van der Waals surface area contributed by atoms with E-state index in [1.54, 1.807) is 6.07 Å². The van der Waals surface area contributed by atoms with Crippen molar-refractivity contribution in [1.82, 2.24) is 9.55 Å². The van der Waals surface area contributed by atoms with Crippen molar-refractivity contribution in [3.63, 3.8) is 0 Å². The average Bonchev–Trinajstić information content (AvgIpc) is 2.54. The third-order valence-electron chi connectivity index (χ3n) is 3.80. The van der Waals surface area contributed by atoms with Crippen LogP contribution in [0, 0.1) is 13.8 Å². The van der Waals surface area contributed by atoms with Crippen LogP contribution in [-0.4, -0.2) is 15.5 Å². The third-order valence-corrected chi connectivity index (χ3v) is 3.80. The van der Waals surface area contributed by atoms with Gasteiger partial charge in [-0.2, -0.15) is 0 Å². The van der Waals surface area contributed by atoms with Crippen molar-refractivity contribution in [2.45, 2.75) is 20.4 Å². The molecule has 1 aromatic heterocycles. The van der Waals surface area contributed by atoms with Gasteiger partial charge in [-0.15, -0.1) is 0 Å². The van der Waals surface area contributed by atoms with Gasteiger partial charge in [0.25, 0.3) is 5.56 Å². The number of amides is 1. The zero-order valence-electron chi connectivity index (χ0n) is 13.0. The monoisotopic (exact) mass is 307 g/mol. The maximum absolute atomic E-state index is 12.4. The molecule has 5 heteroatoms.